The van der Waals surface area contributed by atoms with Gasteiger partial charge in [0.15, 0.2) is 11.5 Å². The van der Waals surface area contributed by atoms with Gasteiger partial charge in [0.25, 0.3) is 0 Å². The van der Waals surface area contributed by atoms with E-state index in [-0.39, 0.29) is 18.9 Å². The highest BCUT2D eigenvalue weighted by Crippen LogP contribution is 2.30. The van der Waals surface area contributed by atoms with E-state index in [4.69, 9.17) is 9.47 Å². The molecule has 7 nitrogen and oxygen atoms in total. The molecule has 138 valence electrons. The van der Waals surface area contributed by atoms with Crippen LogP contribution in [-0.4, -0.2) is 40.8 Å². The molecule has 0 amide bonds. The lowest BCUT2D eigenvalue weighted by Crippen LogP contribution is -2.41. The Hall–Kier alpha value is -2.58. The lowest BCUT2D eigenvalue weighted by molar-refractivity contribution is 0.0600. The van der Waals surface area contributed by atoms with E-state index in [0.29, 0.717) is 22.6 Å². The molecule has 0 saturated heterocycles. The number of nitrogens with one attached hydrogen (secondary N) is 1. The van der Waals surface area contributed by atoms with Gasteiger partial charge in [-0.2, -0.15) is 0 Å². The van der Waals surface area contributed by atoms with Gasteiger partial charge in [-0.05, 0) is 29.8 Å². The number of methoxy groups -OCH3 is 1. The molecule has 1 N–H and O–H groups in total. The Bertz CT molecular complexity index is 879. The number of hydrogen-bond donors (Lipinski definition) is 1. The second-order valence-electron chi connectivity index (χ2n) is 5.79. The molecule has 1 atom stereocenters. The molecule has 0 aromatic heterocycles. The van der Waals surface area contributed by atoms with Crippen LogP contribution in [0.4, 0.5) is 0 Å². The van der Waals surface area contributed by atoms with Crippen molar-refractivity contribution in [1.29, 1.82) is 0 Å². The molecule has 1 heterocycles. The van der Waals surface area contributed by atoms with Gasteiger partial charge in [-0.3, -0.25) is 0 Å². The van der Waals surface area contributed by atoms with Crippen molar-refractivity contribution in [3.63, 3.8) is 0 Å². The zero-order valence-corrected chi connectivity index (χ0v) is 15.0. The van der Waals surface area contributed by atoms with E-state index in [9.17, 15) is 13.2 Å². The fourth-order valence-electron chi connectivity index (χ4n) is 2.51. The quantitative estimate of drug-likeness (QED) is 0.771. The average molecular weight is 377 g/mol. The Morgan fingerprint density at radius 1 is 1.15 bits per heavy atom. The molecular formula is C18H19NO6S. The van der Waals surface area contributed by atoms with Crippen LogP contribution in [0.2, 0.25) is 0 Å². The maximum atomic E-state index is 12.3. The summed E-state index contributed by atoms with van der Waals surface area (Å²) >= 11 is 0. The molecule has 2 aromatic carbocycles. The summed E-state index contributed by atoms with van der Waals surface area (Å²) in [7, 11) is -2.26. The van der Waals surface area contributed by atoms with Crippen LogP contribution in [0.15, 0.2) is 48.5 Å². The van der Waals surface area contributed by atoms with Gasteiger partial charge in [-0.15, -0.1) is 0 Å². The highest BCUT2D eigenvalue weighted by molar-refractivity contribution is 7.88. The van der Waals surface area contributed by atoms with E-state index in [1.807, 2.05) is 12.1 Å². The second kappa shape index (κ2) is 7.76. The maximum Gasteiger partial charge on any atom is 0.337 e. The number of sulfonamides is 1. The lowest BCUT2D eigenvalue weighted by atomic mass is 10.1. The van der Waals surface area contributed by atoms with Crippen molar-refractivity contribution in [3.8, 4) is 11.5 Å². The first kappa shape index (κ1) is 18.2. The maximum absolute atomic E-state index is 12.3. The van der Waals surface area contributed by atoms with Crippen LogP contribution in [0.1, 0.15) is 15.9 Å². The van der Waals surface area contributed by atoms with Crippen molar-refractivity contribution in [2.75, 3.05) is 20.3 Å². The molecule has 0 bridgehead atoms. The number of carbonyl (C=O) groups is 1. The van der Waals surface area contributed by atoms with Crippen LogP contribution in [-0.2, 0) is 20.5 Å². The van der Waals surface area contributed by atoms with E-state index in [1.165, 1.54) is 19.2 Å². The van der Waals surface area contributed by atoms with Crippen molar-refractivity contribution >= 4 is 16.0 Å². The summed E-state index contributed by atoms with van der Waals surface area (Å²) in [5, 5.41) is 0. The van der Waals surface area contributed by atoms with E-state index < -0.39 is 22.1 Å². The first-order chi connectivity index (χ1) is 12.5. The molecule has 0 fully saturated rings. The Morgan fingerprint density at radius 3 is 2.54 bits per heavy atom. The van der Waals surface area contributed by atoms with Crippen molar-refractivity contribution < 1.29 is 27.4 Å². The van der Waals surface area contributed by atoms with Gasteiger partial charge < -0.3 is 14.2 Å². The lowest BCUT2D eigenvalue weighted by Gasteiger charge is -2.26. The molecule has 0 aliphatic carbocycles. The normalized spacial score (nSPS) is 16.1. The number of ether oxygens (including phenoxy) is 3. The molecular weight excluding hydrogens is 358 g/mol. The number of carbonyl (C=O) groups excluding carboxylic acids is 1. The summed E-state index contributed by atoms with van der Waals surface area (Å²) in [6, 6.07) is 13.5. The first-order valence-electron chi connectivity index (χ1n) is 8.00. The van der Waals surface area contributed by atoms with Crippen molar-refractivity contribution in [1.82, 2.24) is 4.72 Å². The number of benzene rings is 2. The van der Waals surface area contributed by atoms with Crippen LogP contribution in [0.5, 0.6) is 11.5 Å². The third-order valence-corrected chi connectivity index (χ3v) is 5.15. The Morgan fingerprint density at radius 2 is 1.85 bits per heavy atom. The highest BCUT2D eigenvalue weighted by Gasteiger charge is 2.22. The van der Waals surface area contributed by atoms with Crippen molar-refractivity contribution in [2.45, 2.75) is 11.9 Å². The summed E-state index contributed by atoms with van der Waals surface area (Å²) in [5.41, 5.74) is 0.935. The first-order valence-corrected chi connectivity index (χ1v) is 9.65. The zero-order chi connectivity index (χ0) is 18.6. The molecule has 2 aromatic rings. The number of hydrogen-bond acceptors (Lipinski definition) is 6. The van der Waals surface area contributed by atoms with Gasteiger partial charge >= 0.3 is 5.97 Å². The number of fused-ring (bicyclic) bond motifs is 1. The fourth-order valence-corrected chi connectivity index (χ4v) is 3.68. The van der Waals surface area contributed by atoms with Gasteiger partial charge in [0.05, 0.1) is 25.0 Å². The summed E-state index contributed by atoms with van der Waals surface area (Å²) in [6.07, 6.45) is -0.402. The van der Waals surface area contributed by atoms with Crippen LogP contribution in [0, 0.1) is 0 Å². The van der Waals surface area contributed by atoms with E-state index in [1.54, 1.807) is 24.3 Å². The Kier molecular flexibility index (Phi) is 5.43. The highest BCUT2D eigenvalue weighted by atomic mass is 32.2. The van der Waals surface area contributed by atoms with Crippen molar-refractivity contribution in [2.24, 2.45) is 0 Å². The van der Waals surface area contributed by atoms with Crippen molar-refractivity contribution in [3.05, 3.63) is 59.7 Å². The van der Waals surface area contributed by atoms with Crippen LogP contribution >= 0.6 is 0 Å². The molecule has 0 radical (unpaired) electrons. The van der Waals surface area contributed by atoms with E-state index in [2.05, 4.69) is 9.46 Å². The molecule has 3 rings (SSSR count). The minimum atomic E-state index is -3.55. The number of esters is 1. The standard InChI is InChI=1S/C18H19NO6S/c1-23-18(20)14-8-6-13(7-9-14)12-26(21,22)19-10-15-11-24-16-4-2-3-5-17(16)25-15/h2-9,15,19H,10-12H2,1H3/t15-/m1/s1. The van der Waals surface area contributed by atoms with Crippen LogP contribution < -0.4 is 14.2 Å². The fraction of sp³-hybridized carbons (Fsp3) is 0.278. The topological polar surface area (TPSA) is 90.9 Å². The molecule has 8 heteroatoms. The average Bonchev–Trinajstić information content (AvgIpc) is 2.66. The van der Waals surface area contributed by atoms with Crippen LogP contribution in [0.3, 0.4) is 0 Å². The van der Waals surface area contributed by atoms with Gasteiger partial charge in [0.2, 0.25) is 10.0 Å². The van der Waals surface area contributed by atoms with Gasteiger partial charge in [-0.25, -0.2) is 17.9 Å². The smallest absolute Gasteiger partial charge is 0.337 e. The minimum absolute atomic E-state index is 0.108. The largest absolute Gasteiger partial charge is 0.486 e. The summed E-state index contributed by atoms with van der Waals surface area (Å²) in [4.78, 5) is 11.4. The van der Waals surface area contributed by atoms with Gasteiger partial charge in [-0.1, -0.05) is 24.3 Å². The second-order valence-corrected chi connectivity index (χ2v) is 7.60. The summed E-state index contributed by atoms with van der Waals surface area (Å²) in [5.74, 6) is 0.587. The Balaban J connectivity index is 1.55. The van der Waals surface area contributed by atoms with E-state index in [0.717, 1.165) is 0 Å². The van der Waals surface area contributed by atoms with Gasteiger partial charge in [0.1, 0.15) is 12.7 Å². The monoisotopic (exact) mass is 377 g/mol. The molecule has 1 aliphatic rings. The van der Waals surface area contributed by atoms with Gasteiger partial charge in [0, 0.05) is 0 Å². The summed E-state index contributed by atoms with van der Waals surface area (Å²) < 4.78 is 43.0. The third kappa shape index (κ3) is 4.53. The third-order valence-electron chi connectivity index (χ3n) is 3.83. The zero-order valence-electron chi connectivity index (χ0n) is 14.2. The minimum Gasteiger partial charge on any atom is -0.486 e. The molecule has 0 unspecified atom stereocenters. The SMILES string of the molecule is COC(=O)c1ccc(CS(=O)(=O)NC[C@@H]2COc3ccccc3O2)cc1. The molecule has 0 saturated carbocycles. The van der Waals surface area contributed by atoms with Crippen LogP contribution in [0.25, 0.3) is 0 Å². The predicted octanol–water partition coefficient (Wildman–Crippen LogP) is 1.73. The number of para-hydroxylation sites is 2. The molecule has 0 spiro atoms. The molecule has 1 aliphatic heterocycles. The van der Waals surface area contributed by atoms with E-state index >= 15 is 0 Å². The predicted molar refractivity (Wildman–Crippen MR) is 94.8 cm³/mol. The molecule has 26 heavy (non-hydrogen) atoms. The summed E-state index contributed by atoms with van der Waals surface area (Å²) in [6.45, 7) is 0.379. The number of rotatable bonds is 6. The Labute approximate surface area is 151 Å².